The number of aromatic nitrogens is 2. The van der Waals surface area contributed by atoms with Gasteiger partial charge in [-0.15, -0.1) is 0 Å². The van der Waals surface area contributed by atoms with E-state index in [0.29, 0.717) is 22.7 Å². The van der Waals surface area contributed by atoms with Gasteiger partial charge in [-0.2, -0.15) is 10.4 Å². The number of esters is 1. The maximum Gasteiger partial charge on any atom is 0.343 e. The molecule has 0 N–H and O–H groups in total. The molecule has 0 radical (unpaired) electrons. The fraction of sp³-hybridized carbons (Fsp3) is 0.150. The smallest absolute Gasteiger partial charge is 0.343 e. The van der Waals surface area contributed by atoms with Crippen molar-refractivity contribution >= 4 is 5.97 Å². The lowest BCUT2D eigenvalue weighted by atomic mass is 10.1. The maximum atomic E-state index is 13.2. The zero-order valence-corrected chi connectivity index (χ0v) is 14.7. The number of carbonyl (C=O) groups excluding carboxylic acids is 1. The molecule has 3 aromatic rings. The number of halogens is 1. The summed E-state index contributed by atoms with van der Waals surface area (Å²) < 4.78 is 25.0. The molecule has 1 atom stereocenters. The van der Waals surface area contributed by atoms with Gasteiger partial charge in [0.2, 0.25) is 0 Å². The van der Waals surface area contributed by atoms with Gasteiger partial charge >= 0.3 is 5.97 Å². The average molecular weight is 365 g/mol. The van der Waals surface area contributed by atoms with Crippen LogP contribution in [0.3, 0.4) is 0 Å². The number of hydrogen-bond acceptors (Lipinski definition) is 5. The van der Waals surface area contributed by atoms with Crippen molar-refractivity contribution in [2.75, 3.05) is 7.11 Å². The molecule has 0 saturated carbocycles. The third-order valence-electron chi connectivity index (χ3n) is 3.83. The molecule has 6 nitrogen and oxygen atoms in total. The van der Waals surface area contributed by atoms with Gasteiger partial charge in [-0.05, 0) is 43.3 Å². The Morgan fingerprint density at radius 2 is 2.00 bits per heavy atom. The molecule has 0 spiro atoms. The van der Waals surface area contributed by atoms with E-state index in [1.165, 1.54) is 29.9 Å². The Kier molecular flexibility index (Phi) is 5.18. The zero-order valence-electron chi connectivity index (χ0n) is 14.7. The van der Waals surface area contributed by atoms with Gasteiger partial charge in [-0.1, -0.05) is 12.1 Å². The second-order valence-electron chi connectivity index (χ2n) is 5.72. The highest BCUT2D eigenvalue weighted by Crippen LogP contribution is 2.27. The summed E-state index contributed by atoms with van der Waals surface area (Å²) in [6.07, 6.45) is 0.596. The first-order chi connectivity index (χ1) is 13.0. The van der Waals surface area contributed by atoms with Crippen LogP contribution < -0.4 is 4.74 Å². The van der Waals surface area contributed by atoms with Gasteiger partial charge in [0, 0.05) is 11.8 Å². The minimum Gasteiger partial charge on any atom is -0.497 e. The van der Waals surface area contributed by atoms with E-state index in [4.69, 9.17) is 14.7 Å². The van der Waals surface area contributed by atoms with Crippen LogP contribution in [0.5, 0.6) is 5.75 Å². The lowest BCUT2D eigenvalue weighted by Gasteiger charge is -2.06. The molecule has 0 aliphatic rings. The molecule has 136 valence electrons. The van der Waals surface area contributed by atoms with E-state index in [1.807, 2.05) is 6.07 Å². The summed E-state index contributed by atoms with van der Waals surface area (Å²) in [6, 6.07) is 14.6. The largest absolute Gasteiger partial charge is 0.497 e. The molecule has 7 heteroatoms. The van der Waals surface area contributed by atoms with Gasteiger partial charge in [0.15, 0.2) is 6.10 Å². The summed E-state index contributed by atoms with van der Waals surface area (Å²) in [5, 5.41) is 13.4. The van der Waals surface area contributed by atoms with E-state index in [1.54, 1.807) is 43.5 Å². The molecular weight excluding hydrogens is 349 g/mol. The molecule has 0 bridgehead atoms. The highest BCUT2D eigenvalue weighted by molar-refractivity contribution is 5.96. The monoisotopic (exact) mass is 365 g/mol. The van der Waals surface area contributed by atoms with Gasteiger partial charge in [-0.3, -0.25) is 0 Å². The summed E-state index contributed by atoms with van der Waals surface area (Å²) >= 11 is 0. The molecule has 27 heavy (non-hydrogen) atoms. The van der Waals surface area contributed by atoms with Crippen molar-refractivity contribution in [3.63, 3.8) is 0 Å². The van der Waals surface area contributed by atoms with Crippen LogP contribution in [0.1, 0.15) is 17.3 Å². The predicted octanol–water partition coefficient (Wildman–Crippen LogP) is 3.76. The summed E-state index contributed by atoms with van der Waals surface area (Å²) in [5.74, 6) is -0.440. The van der Waals surface area contributed by atoms with Gasteiger partial charge in [0.05, 0.1) is 12.8 Å². The van der Waals surface area contributed by atoms with Gasteiger partial charge in [-0.25, -0.2) is 13.9 Å². The first-order valence-corrected chi connectivity index (χ1v) is 8.12. The van der Waals surface area contributed by atoms with Crippen LogP contribution in [0.15, 0.2) is 54.7 Å². The average Bonchev–Trinajstić information content (AvgIpc) is 3.14. The minimum absolute atomic E-state index is 0.190. The predicted molar refractivity (Wildman–Crippen MR) is 96.0 cm³/mol. The lowest BCUT2D eigenvalue weighted by molar-refractivity contribution is 0.0436. The van der Waals surface area contributed by atoms with Crippen LogP contribution in [0, 0.1) is 17.1 Å². The number of ether oxygens (including phenoxy) is 2. The standard InChI is InChI=1S/C20H16FN3O3/c1-13(11-22)27-20(25)18-12-24(16-8-6-15(21)7-9-16)23-19(18)14-4-3-5-17(10-14)26-2/h3-10,12-13H,1-2H3/t13-/m0/s1. The lowest BCUT2D eigenvalue weighted by Crippen LogP contribution is -2.13. The molecule has 0 aliphatic carbocycles. The van der Waals surface area contributed by atoms with Crippen molar-refractivity contribution in [3.05, 3.63) is 66.1 Å². The molecule has 0 unspecified atom stereocenters. The van der Waals surface area contributed by atoms with Crippen LogP contribution >= 0.6 is 0 Å². The first kappa shape index (κ1) is 18.1. The van der Waals surface area contributed by atoms with Crippen molar-refractivity contribution in [2.45, 2.75) is 13.0 Å². The van der Waals surface area contributed by atoms with Crippen molar-refractivity contribution in [1.82, 2.24) is 9.78 Å². The van der Waals surface area contributed by atoms with Crippen LogP contribution in [0.4, 0.5) is 4.39 Å². The van der Waals surface area contributed by atoms with Crippen LogP contribution in [0.2, 0.25) is 0 Å². The van der Waals surface area contributed by atoms with Gasteiger partial charge in [0.25, 0.3) is 0 Å². The number of benzene rings is 2. The topological polar surface area (TPSA) is 77.1 Å². The highest BCUT2D eigenvalue weighted by atomic mass is 19.1. The Balaban J connectivity index is 2.10. The second-order valence-corrected chi connectivity index (χ2v) is 5.72. The van der Waals surface area contributed by atoms with Crippen molar-refractivity contribution < 1.29 is 18.7 Å². The van der Waals surface area contributed by atoms with E-state index >= 15 is 0 Å². The number of carbonyl (C=O) groups is 1. The van der Waals surface area contributed by atoms with E-state index in [9.17, 15) is 9.18 Å². The molecule has 3 rings (SSSR count). The maximum absolute atomic E-state index is 13.2. The minimum atomic E-state index is -0.898. The van der Waals surface area contributed by atoms with E-state index in [0.717, 1.165) is 0 Å². The summed E-state index contributed by atoms with van der Waals surface area (Å²) in [7, 11) is 1.54. The molecule has 1 aromatic heterocycles. The van der Waals surface area contributed by atoms with E-state index in [2.05, 4.69) is 5.10 Å². The Labute approximate surface area is 155 Å². The molecule has 0 aliphatic heterocycles. The van der Waals surface area contributed by atoms with Gasteiger partial charge < -0.3 is 9.47 Å². The fourth-order valence-corrected chi connectivity index (χ4v) is 2.48. The molecule has 2 aromatic carbocycles. The van der Waals surface area contributed by atoms with Crippen molar-refractivity contribution in [2.24, 2.45) is 0 Å². The first-order valence-electron chi connectivity index (χ1n) is 8.12. The SMILES string of the molecule is COc1cccc(-c2nn(-c3ccc(F)cc3)cc2C(=O)O[C@@H](C)C#N)c1. The Hall–Kier alpha value is -3.66. The highest BCUT2D eigenvalue weighted by Gasteiger charge is 2.22. The molecule has 0 saturated heterocycles. The summed E-state index contributed by atoms with van der Waals surface area (Å²) in [6.45, 7) is 1.48. The number of methoxy groups -OCH3 is 1. The van der Waals surface area contributed by atoms with E-state index < -0.39 is 12.1 Å². The number of rotatable bonds is 5. The third kappa shape index (κ3) is 3.96. The van der Waals surface area contributed by atoms with Crippen LogP contribution in [-0.2, 0) is 4.74 Å². The van der Waals surface area contributed by atoms with E-state index in [-0.39, 0.29) is 11.4 Å². The summed E-state index contributed by atoms with van der Waals surface area (Å²) in [4.78, 5) is 12.5. The Morgan fingerprint density at radius 1 is 1.26 bits per heavy atom. The molecule has 0 amide bonds. The summed E-state index contributed by atoms with van der Waals surface area (Å²) in [5.41, 5.74) is 1.78. The number of nitrogens with zero attached hydrogens (tertiary/aromatic N) is 3. The third-order valence-corrected chi connectivity index (χ3v) is 3.83. The molecule has 1 heterocycles. The zero-order chi connectivity index (χ0) is 19.4. The van der Waals surface area contributed by atoms with Crippen molar-refractivity contribution in [1.29, 1.82) is 5.26 Å². The fourth-order valence-electron chi connectivity index (χ4n) is 2.48. The molecular formula is C20H16FN3O3. The normalized spacial score (nSPS) is 11.5. The van der Waals surface area contributed by atoms with Gasteiger partial charge in [0.1, 0.15) is 28.9 Å². The van der Waals surface area contributed by atoms with Crippen LogP contribution in [0.25, 0.3) is 16.9 Å². The Morgan fingerprint density at radius 3 is 2.67 bits per heavy atom. The quantitative estimate of drug-likeness (QED) is 0.644. The van der Waals surface area contributed by atoms with Crippen molar-refractivity contribution in [3.8, 4) is 28.8 Å². The Bertz CT molecular complexity index is 1010. The number of hydrogen-bond donors (Lipinski definition) is 0. The molecule has 0 fully saturated rings. The second kappa shape index (κ2) is 7.70. The van der Waals surface area contributed by atoms with Crippen LogP contribution in [-0.4, -0.2) is 29.0 Å². The number of nitriles is 1.